The Hall–Kier alpha value is -3.72. The summed E-state index contributed by atoms with van der Waals surface area (Å²) < 4.78 is 41.6. The zero-order valence-electron chi connectivity index (χ0n) is 19.1. The van der Waals surface area contributed by atoms with Gasteiger partial charge in [0.25, 0.3) is 15.9 Å². The van der Waals surface area contributed by atoms with Crippen molar-refractivity contribution >= 4 is 33.5 Å². The van der Waals surface area contributed by atoms with Gasteiger partial charge < -0.3 is 4.90 Å². The molecule has 0 bridgehead atoms. The molecule has 0 aromatic heterocycles. The number of nitrogens with zero attached hydrogens (tertiary/aromatic N) is 3. The average molecular weight is 483 g/mol. The Balaban J connectivity index is 1.76. The molecule has 0 spiro atoms. The number of hydrazone groups is 1. The van der Waals surface area contributed by atoms with E-state index < -0.39 is 28.3 Å². The molecule has 0 saturated heterocycles. The standard InChI is InChI=1S/C25H27FN4O3S/c1-3-29(4-2)21-16-14-20(15-17-21)18-27-28-25(31)19-30(24-13-9-8-12-23(24)26)34(32,33)22-10-6-5-7-11-22/h5-18H,3-4,19H2,1-2H3,(H,28,31)/b27-18-. The van der Waals surface area contributed by atoms with Gasteiger partial charge in [0.05, 0.1) is 16.8 Å². The van der Waals surface area contributed by atoms with Crippen LogP contribution in [0.2, 0.25) is 0 Å². The quantitative estimate of drug-likeness (QED) is 0.350. The number of carbonyl (C=O) groups is 1. The first-order valence-electron chi connectivity index (χ1n) is 10.9. The summed E-state index contributed by atoms with van der Waals surface area (Å²) >= 11 is 0. The number of carbonyl (C=O) groups excluding carboxylic acids is 1. The van der Waals surface area contributed by atoms with Gasteiger partial charge in [-0.25, -0.2) is 18.2 Å². The maximum atomic E-state index is 14.5. The first-order valence-corrected chi connectivity index (χ1v) is 12.3. The maximum absolute atomic E-state index is 14.5. The maximum Gasteiger partial charge on any atom is 0.264 e. The molecule has 0 fully saturated rings. The van der Waals surface area contributed by atoms with Crippen molar-refractivity contribution in [1.29, 1.82) is 0 Å². The minimum Gasteiger partial charge on any atom is -0.372 e. The lowest BCUT2D eigenvalue weighted by Crippen LogP contribution is -2.40. The van der Waals surface area contributed by atoms with Crippen LogP contribution in [0.4, 0.5) is 15.8 Å². The summed E-state index contributed by atoms with van der Waals surface area (Å²) in [7, 11) is -4.19. The van der Waals surface area contributed by atoms with Crippen molar-refractivity contribution in [3.63, 3.8) is 0 Å². The topological polar surface area (TPSA) is 82.1 Å². The molecule has 3 aromatic rings. The lowest BCUT2D eigenvalue weighted by Gasteiger charge is -2.24. The Kier molecular flexibility index (Phi) is 8.37. The number of hydrogen-bond donors (Lipinski definition) is 1. The SMILES string of the molecule is CCN(CC)c1ccc(/C=N\NC(=O)CN(c2ccccc2F)S(=O)(=O)c2ccccc2)cc1. The summed E-state index contributed by atoms with van der Waals surface area (Å²) in [5.41, 5.74) is 3.95. The van der Waals surface area contributed by atoms with Crippen LogP contribution in [0.5, 0.6) is 0 Å². The van der Waals surface area contributed by atoms with Crippen LogP contribution in [0.15, 0.2) is 88.9 Å². The van der Waals surface area contributed by atoms with E-state index in [0.29, 0.717) is 0 Å². The molecule has 0 aliphatic rings. The van der Waals surface area contributed by atoms with E-state index in [2.05, 4.69) is 29.3 Å². The van der Waals surface area contributed by atoms with Crippen molar-refractivity contribution in [3.05, 3.63) is 90.2 Å². The van der Waals surface area contributed by atoms with E-state index in [1.165, 1.54) is 36.5 Å². The molecular weight excluding hydrogens is 455 g/mol. The van der Waals surface area contributed by atoms with Crippen LogP contribution < -0.4 is 14.6 Å². The Bertz CT molecular complexity index is 1230. The fraction of sp³-hybridized carbons (Fsp3) is 0.200. The predicted octanol–water partition coefficient (Wildman–Crippen LogP) is 4.02. The Labute approximate surface area is 199 Å². The van der Waals surface area contributed by atoms with Crippen molar-refractivity contribution < 1.29 is 17.6 Å². The molecule has 178 valence electrons. The van der Waals surface area contributed by atoms with E-state index in [4.69, 9.17) is 0 Å². The number of nitrogens with one attached hydrogen (secondary N) is 1. The smallest absolute Gasteiger partial charge is 0.264 e. The molecule has 0 radical (unpaired) electrons. The number of benzene rings is 3. The third-order valence-corrected chi connectivity index (χ3v) is 6.94. The van der Waals surface area contributed by atoms with Crippen molar-refractivity contribution in [3.8, 4) is 0 Å². The Morgan fingerprint density at radius 3 is 2.18 bits per heavy atom. The van der Waals surface area contributed by atoms with Crippen LogP contribution in [0.3, 0.4) is 0 Å². The molecule has 1 amide bonds. The summed E-state index contributed by atoms with van der Waals surface area (Å²) in [5, 5.41) is 3.93. The number of para-hydroxylation sites is 1. The molecule has 3 rings (SSSR count). The molecule has 3 aromatic carbocycles. The normalized spacial score (nSPS) is 11.4. The van der Waals surface area contributed by atoms with Crippen LogP contribution in [0.25, 0.3) is 0 Å². The van der Waals surface area contributed by atoms with Crippen LogP contribution in [0.1, 0.15) is 19.4 Å². The van der Waals surface area contributed by atoms with Gasteiger partial charge in [0.1, 0.15) is 12.4 Å². The molecule has 34 heavy (non-hydrogen) atoms. The van der Waals surface area contributed by atoms with Crippen LogP contribution in [-0.4, -0.2) is 40.2 Å². The van der Waals surface area contributed by atoms with Crippen LogP contribution in [-0.2, 0) is 14.8 Å². The van der Waals surface area contributed by atoms with Gasteiger partial charge >= 0.3 is 0 Å². The number of anilines is 2. The van der Waals surface area contributed by atoms with Crippen molar-refractivity contribution in [2.75, 3.05) is 28.8 Å². The van der Waals surface area contributed by atoms with E-state index in [9.17, 15) is 17.6 Å². The molecule has 1 N–H and O–H groups in total. The molecule has 0 aliphatic carbocycles. The summed E-state index contributed by atoms with van der Waals surface area (Å²) in [6.07, 6.45) is 1.46. The molecular formula is C25H27FN4O3S. The summed E-state index contributed by atoms with van der Waals surface area (Å²) in [6.45, 7) is 5.30. The molecule has 0 atom stereocenters. The van der Waals surface area contributed by atoms with E-state index in [0.717, 1.165) is 34.7 Å². The van der Waals surface area contributed by atoms with E-state index in [-0.39, 0.29) is 10.6 Å². The highest BCUT2D eigenvalue weighted by molar-refractivity contribution is 7.92. The minimum atomic E-state index is -4.19. The number of halogens is 1. The van der Waals surface area contributed by atoms with E-state index in [1.54, 1.807) is 18.2 Å². The Morgan fingerprint density at radius 2 is 1.56 bits per heavy atom. The van der Waals surface area contributed by atoms with E-state index >= 15 is 0 Å². The second kappa shape index (κ2) is 11.4. The second-order valence-electron chi connectivity index (χ2n) is 7.33. The second-order valence-corrected chi connectivity index (χ2v) is 9.20. The predicted molar refractivity (Wildman–Crippen MR) is 133 cm³/mol. The van der Waals surface area contributed by atoms with Gasteiger partial charge in [-0.3, -0.25) is 9.10 Å². The monoisotopic (exact) mass is 482 g/mol. The third kappa shape index (κ3) is 5.99. The summed E-state index contributed by atoms with van der Waals surface area (Å²) in [4.78, 5) is 14.7. The van der Waals surface area contributed by atoms with Crippen LogP contribution >= 0.6 is 0 Å². The van der Waals surface area contributed by atoms with Crippen molar-refractivity contribution in [1.82, 2.24) is 5.43 Å². The lowest BCUT2D eigenvalue weighted by molar-refractivity contribution is -0.119. The molecule has 0 aliphatic heterocycles. The van der Waals surface area contributed by atoms with Gasteiger partial charge in [-0.15, -0.1) is 0 Å². The Morgan fingerprint density at radius 1 is 0.941 bits per heavy atom. The fourth-order valence-electron chi connectivity index (χ4n) is 3.38. The highest BCUT2D eigenvalue weighted by Crippen LogP contribution is 2.26. The van der Waals surface area contributed by atoms with Gasteiger partial charge in [-0.05, 0) is 55.8 Å². The highest BCUT2D eigenvalue weighted by atomic mass is 32.2. The van der Waals surface area contributed by atoms with Crippen molar-refractivity contribution in [2.45, 2.75) is 18.7 Å². The summed E-state index contributed by atoms with van der Waals surface area (Å²) in [5.74, 6) is -1.47. The van der Waals surface area contributed by atoms with Gasteiger partial charge in [-0.1, -0.05) is 42.5 Å². The number of amides is 1. The van der Waals surface area contributed by atoms with Gasteiger partial charge in [0.2, 0.25) is 0 Å². The largest absolute Gasteiger partial charge is 0.372 e. The van der Waals surface area contributed by atoms with Gasteiger partial charge in [0.15, 0.2) is 0 Å². The third-order valence-electron chi connectivity index (χ3n) is 5.16. The lowest BCUT2D eigenvalue weighted by atomic mass is 10.2. The zero-order chi connectivity index (χ0) is 24.6. The molecule has 0 unspecified atom stereocenters. The molecule has 0 heterocycles. The average Bonchev–Trinajstić information content (AvgIpc) is 2.85. The van der Waals surface area contributed by atoms with Gasteiger partial charge in [-0.2, -0.15) is 5.10 Å². The first kappa shape index (κ1) is 24.9. The van der Waals surface area contributed by atoms with Crippen LogP contribution in [0, 0.1) is 5.82 Å². The highest BCUT2D eigenvalue weighted by Gasteiger charge is 2.28. The van der Waals surface area contributed by atoms with Gasteiger partial charge in [0, 0.05) is 18.8 Å². The summed E-state index contributed by atoms with van der Waals surface area (Å²) in [6, 6.07) is 20.6. The van der Waals surface area contributed by atoms with Crippen molar-refractivity contribution in [2.24, 2.45) is 5.10 Å². The van der Waals surface area contributed by atoms with E-state index in [1.807, 2.05) is 24.3 Å². The number of hydrogen-bond acceptors (Lipinski definition) is 5. The number of rotatable bonds is 10. The molecule has 7 nitrogen and oxygen atoms in total. The fourth-order valence-corrected chi connectivity index (χ4v) is 4.83. The first-order chi connectivity index (χ1) is 16.4. The zero-order valence-corrected chi connectivity index (χ0v) is 19.9. The molecule has 9 heteroatoms. The minimum absolute atomic E-state index is 0.0529. The molecule has 0 saturated carbocycles. The number of sulfonamides is 1.